The van der Waals surface area contributed by atoms with E-state index < -0.39 is 64.8 Å². The highest BCUT2D eigenvalue weighted by Crippen LogP contribution is 2.04. The Morgan fingerprint density at radius 2 is 1.00 bits per heavy atom. The van der Waals surface area contributed by atoms with Crippen molar-refractivity contribution in [1.82, 2.24) is 10.6 Å². The van der Waals surface area contributed by atoms with E-state index in [-0.39, 0.29) is 12.8 Å². The van der Waals surface area contributed by atoms with Gasteiger partial charge in [-0.25, -0.2) is 0 Å². The lowest BCUT2D eigenvalue weighted by atomic mass is 9.97. The number of carbonyl (C=O) groups excluding carboxylic acids is 5. The third-order valence-electron chi connectivity index (χ3n) is 5.87. The van der Waals surface area contributed by atoms with Gasteiger partial charge in [0.15, 0.2) is 0 Å². The molecule has 0 aliphatic heterocycles. The maximum absolute atomic E-state index is 12.8. The summed E-state index contributed by atoms with van der Waals surface area (Å²) < 4.78 is 0. The van der Waals surface area contributed by atoms with Gasteiger partial charge in [-0.1, -0.05) is 60.7 Å². The monoisotopic (exact) mass is 546 g/mol. The summed E-state index contributed by atoms with van der Waals surface area (Å²) in [7, 11) is 0. The molecule has 208 valence electrons. The van der Waals surface area contributed by atoms with Gasteiger partial charge in [0.25, 0.3) is 11.6 Å². The summed E-state index contributed by atoms with van der Waals surface area (Å²) in [5, 5.41) is 4.64. The van der Waals surface area contributed by atoms with Crippen LogP contribution in [0.25, 0.3) is 11.1 Å². The van der Waals surface area contributed by atoms with Crippen molar-refractivity contribution < 1.29 is 33.6 Å². The van der Waals surface area contributed by atoms with Gasteiger partial charge >= 0.3 is 17.2 Å². The maximum atomic E-state index is 12.8. The van der Waals surface area contributed by atoms with E-state index in [0.29, 0.717) is 0 Å². The largest absolute Gasteiger partial charge is 0.415 e. The molecule has 40 heavy (non-hydrogen) atoms. The van der Waals surface area contributed by atoms with Gasteiger partial charge < -0.3 is 33.2 Å². The number of nitrogens with two attached hydrogens (primary N) is 2. The minimum atomic E-state index is -1.52. The van der Waals surface area contributed by atoms with Crippen molar-refractivity contribution >= 4 is 40.6 Å². The van der Waals surface area contributed by atoms with Crippen molar-refractivity contribution in [2.75, 3.05) is 0 Å². The van der Waals surface area contributed by atoms with Gasteiger partial charge in [-0.2, -0.15) is 9.58 Å². The van der Waals surface area contributed by atoms with Gasteiger partial charge in [0.2, 0.25) is 11.8 Å². The first kappa shape index (κ1) is 31.3. The summed E-state index contributed by atoms with van der Waals surface area (Å²) >= 11 is 0. The van der Waals surface area contributed by atoms with Crippen LogP contribution in [-0.2, 0) is 36.8 Å². The number of Topliss-reactive ketones (excluding diaryl/α,β-unsaturated/α-hetero) is 3. The number of nitrogens with zero attached hydrogens (tertiary/aromatic N) is 4. The van der Waals surface area contributed by atoms with Crippen LogP contribution < -0.4 is 22.1 Å². The van der Waals surface area contributed by atoms with E-state index in [9.17, 15) is 35.0 Å². The molecule has 0 fully saturated rings. The highest BCUT2D eigenvalue weighted by Gasteiger charge is 2.46. The molecular formula is C27H30N8O5. The minimum Gasteiger partial charge on any atom is -0.360 e. The molecule has 0 spiro atoms. The second-order valence-electron chi connectivity index (χ2n) is 9.01. The topological polar surface area (TPSA) is 234 Å². The number of rotatable bonds is 14. The molecule has 2 amide bonds. The lowest BCUT2D eigenvalue weighted by Gasteiger charge is -2.16. The lowest BCUT2D eigenvalue weighted by molar-refractivity contribution is -0.131. The molecule has 4 atom stereocenters. The van der Waals surface area contributed by atoms with Crippen molar-refractivity contribution in [2.45, 2.75) is 50.9 Å². The third-order valence-corrected chi connectivity index (χ3v) is 5.87. The molecule has 2 aromatic carbocycles. The molecule has 0 heterocycles. The molecule has 0 saturated carbocycles. The SMILES string of the molecule is C[C@H](NC(=O)[C@H](N)Cc1ccccc1)C(=O)C(=[N+]=[N-])C(=O)C(=[N+]=[N-])C(=O)[C@H](C)NC(=O)[C@H](N)Cc1ccccc1. The molecule has 2 rings (SSSR count). The molecule has 0 aliphatic rings. The van der Waals surface area contributed by atoms with Gasteiger partial charge in [-0.05, 0) is 37.8 Å². The van der Waals surface area contributed by atoms with E-state index in [0.717, 1.165) is 11.1 Å². The Bertz CT molecular complexity index is 1260. The maximum Gasteiger partial charge on any atom is 0.415 e. The summed E-state index contributed by atoms with van der Waals surface area (Å²) in [6.07, 6.45) is 0.337. The lowest BCUT2D eigenvalue weighted by Crippen LogP contribution is -2.53. The molecule has 0 bridgehead atoms. The molecule has 0 unspecified atom stereocenters. The van der Waals surface area contributed by atoms with Crippen molar-refractivity contribution in [3.8, 4) is 0 Å². The average molecular weight is 547 g/mol. The number of hydrogen-bond acceptors (Lipinski definition) is 7. The van der Waals surface area contributed by atoms with Crippen LogP contribution in [0, 0.1) is 0 Å². The first-order valence-corrected chi connectivity index (χ1v) is 12.3. The Kier molecular flexibility index (Phi) is 11.6. The van der Waals surface area contributed by atoms with Crippen molar-refractivity contribution in [1.29, 1.82) is 0 Å². The van der Waals surface area contributed by atoms with Gasteiger partial charge in [0, 0.05) is 0 Å². The van der Waals surface area contributed by atoms with Crippen LogP contribution in [0.4, 0.5) is 0 Å². The highest BCUT2D eigenvalue weighted by atomic mass is 16.2. The van der Waals surface area contributed by atoms with Gasteiger partial charge in [0.05, 0.1) is 24.2 Å². The predicted molar refractivity (Wildman–Crippen MR) is 144 cm³/mol. The summed E-state index contributed by atoms with van der Waals surface area (Å²) in [5.74, 6) is -5.31. The number of nitrogens with one attached hydrogen (secondary N) is 2. The van der Waals surface area contributed by atoms with Crippen molar-refractivity contribution in [3.05, 3.63) is 82.9 Å². The molecule has 13 nitrogen and oxygen atoms in total. The normalized spacial score (nSPS) is 13.3. The molecule has 0 saturated heterocycles. The zero-order chi connectivity index (χ0) is 29.8. The van der Waals surface area contributed by atoms with E-state index >= 15 is 0 Å². The molecule has 13 heteroatoms. The Labute approximate surface area is 230 Å². The minimum absolute atomic E-state index is 0.169. The highest BCUT2D eigenvalue weighted by molar-refractivity contribution is 6.87. The molecule has 0 aliphatic carbocycles. The van der Waals surface area contributed by atoms with Crippen LogP contribution in [0.2, 0.25) is 0 Å². The Hall–Kier alpha value is -4.93. The molecular weight excluding hydrogens is 516 g/mol. The number of benzene rings is 2. The number of ketones is 3. The second-order valence-corrected chi connectivity index (χ2v) is 9.01. The van der Waals surface area contributed by atoms with E-state index in [1.54, 1.807) is 60.7 Å². The molecule has 0 radical (unpaired) electrons. The fourth-order valence-electron chi connectivity index (χ4n) is 3.63. The average Bonchev–Trinajstić information content (AvgIpc) is 2.94. The summed E-state index contributed by atoms with van der Waals surface area (Å²) in [6, 6.07) is 12.9. The summed E-state index contributed by atoms with van der Waals surface area (Å²) in [4.78, 5) is 68.6. The molecule has 2 aromatic rings. The van der Waals surface area contributed by atoms with E-state index in [4.69, 9.17) is 11.5 Å². The van der Waals surface area contributed by atoms with Crippen LogP contribution in [0.15, 0.2) is 60.7 Å². The van der Waals surface area contributed by atoms with Crippen molar-refractivity contribution in [3.63, 3.8) is 0 Å². The van der Waals surface area contributed by atoms with E-state index in [2.05, 4.69) is 20.2 Å². The fourth-order valence-corrected chi connectivity index (χ4v) is 3.63. The predicted octanol–water partition coefficient (Wildman–Crippen LogP) is -0.815. The Morgan fingerprint density at radius 1 is 0.675 bits per heavy atom. The molecule has 6 N–H and O–H groups in total. The standard InChI is InChI=1S/C27H30N8O5/c1-15(32-26(39)19(28)13-17-9-5-3-6-10-17)23(36)21(34-30)25(38)22(35-31)24(37)16(2)33-27(40)20(29)14-18-11-7-4-8-12-18/h3-12,15-16,19-20H,13-14,28-29H2,1-2H3,(H,32,39)(H,33,40)/t15-,16-,19+,20+/m0/s1. The zero-order valence-electron chi connectivity index (χ0n) is 22.0. The quantitative estimate of drug-likeness (QED) is 0.102. The summed E-state index contributed by atoms with van der Waals surface area (Å²) in [5.41, 5.74) is 29.7. The first-order chi connectivity index (χ1) is 19.0. The van der Waals surface area contributed by atoms with Crippen LogP contribution >= 0.6 is 0 Å². The molecule has 0 aromatic heterocycles. The van der Waals surface area contributed by atoms with Gasteiger partial charge in [-0.3, -0.25) is 24.0 Å². The Morgan fingerprint density at radius 3 is 1.30 bits per heavy atom. The summed E-state index contributed by atoms with van der Waals surface area (Å²) in [6.45, 7) is 2.42. The Balaban J connectivity index is 2.03. The van der Waals surface area contributed by atoms with Crippen LogP contribution in [0.5, 0.6) is 0 Å². The van der Waals surface area contributed by atoms with Crippen molar-refractivity contribution in [2.24, 2.45) is 11.5 Å². The zero-order valence-corrected chi connectivity index (χ0v) is 22.0. The van der Waals surface area contributed by atoms with E-state index in [1.807, 2.05) is 0 Å². The number of amides is 2. The third kappa shape index (κ3) is 8.55. The van der Waals surface area contributed by atoms with E-state index in [1.165, 1.54) is 13.8 Å². The van der Waals surface area contributed by atoms with Crippen LogP contribution in [0.1, 0.15) is 25.0 Å². The second kappa shape index (κ2) is 14.9. The van der Waals surface area contributed by atoms with Crippen LogP contribution in [-0.4, -0.2) is 74.3 Å². The number of hydrogen-bond donors (Lipinski definition) is 4. The van der Waals surface area contributed by atoms with Gasteiger partial charge in [0.1, 0.15) is 0 Å². The smallest absolute Gasteiger partial charge is 0.360 e. The first-order valence-electron chi connectivity index (χ1n) is 12.3. The number of carbonyl (C=O) groups is 5. The van der Waals surface area contributed by atoms with Gasteiger partial charge in [-0.15, -0.1) is 0 Å². The fraction of sp³-hybridized carbons (Fsp3) is 0.296. The van der Waals surface area contributed by atoms with Crippen LogP contribution in [0.3, 0.4) is 0 Å².